The first-order chi connectivity index (χ1) is 18.4. The molecule has 3 aromatic carbocycles. The van der Waals surface area contributed by atoms with E-state index in [9.17, 15) is 9.59 Å². The van der Waals surface area contributed by atoms with Crippen LogP contribution in [0.25, 0.3) is 16.8 Å². The summed E-state index contributed by atoms with van der Waals surface area (Å²) >= 11 is 4.78. The monoisotopic (exact) mass is 592 g/mol. The van der Waals surface area contributed by atoms with E-state index in [2.05, 4.69) is 20.9 Å². The zero-order valence-corrected chi connectivity index (χ0v) is 23.7. The van der Waals surface area contributed by atoms with Gasteiger partial charge in [-0.25, -0.2) is 9.79 Å². The van der Waals surface area contributed by atoms with Gasteiger partial charge in [-0.1, -0.05) is 47.7 Å². The van der Waals surface area contributed by atoms with Crippen LogP contribution in [0.3, 0.4) is 0 Å². The Morgan fingerprint density at radius 1 is 1.11 bits per heavy atom. The first kappa shape index (κ1) is 25.9. The van der Waals surface area contributed by atoms with E-state index in [1.165, 1.54) is 11.3 Å². The van der Waals surface area contributed by atoms with Gasteiger partial charge < -0.3 is 14.2 Å². The van der Waals surface area contributed by atoms with Gasteiger partial charge in [0.15, 0.2) is 4.80 Å². The summed E-state index contributed by atoms with van der Waals surface area (Å²) in [4.78, 5) is 32.5. The van der Waals surface area contributed by atoms with Crippen molar-refractivity contribution in [1.82, 2.24) is 4.57 Å². The summed E-state index contributed by atoms with van der Waals surface area (Å²) in [5.74, 6) is 0.752. The topological polar surface area (TPSA) is 79.1 Å². The molecule has 7 nitrogen and oxygen atoms in total. The maximum atomic E-state index is 14.0. The Morgan fingerprint density at radius 2 is 1.84 bits per heavy atom. The molecule has 4 aromatic rings. The molecule has 1 unspecified atom stereocenters. The molecule has 38 heavy (non-hydrogen) atoms. The van der Waals surface area contributed by atoms with Gasteiger partial charge in [-0.15, -0.1) is 0 Å². The van der Waals surface area contributed by atoms with E-state index in [0.717, 1.165) is 20.8 Å². The quantitative estimate of drug-likeness (QED) is 0.302. The Labute approximate surface area is 231 Å². The predicted octanol–water partition coefficient (Wildman–Crippen LogP) is 4.73. The lowest BCUT2D eigenvalue weighted by Gasteiger charge is -2.27. The standard InChI is InChI=1S/C29H25BrN2O5S/c1-5-37-28(34)24-16(2)31-29-32(26(24)25-19-9-7-6-8-18(19)11-13-22(25)36-4)27(33)23(38-29)15-17-10-12-21(35-3)20(30)14-17/h6-15,26H,5H2,1-4H3/b23-15-. The molecule has 0 aliphatic carbocycles. The fourth-order valence-corrected chi connectivity index (χ4v) is 6.33. The van der Waals surface area contributed by atoms with E-state index in [1.807, 2.05) is 60.7 Å². The van der Waals surface area contributed by atoms with Crippen molar-refractivity contribution >= 4 is 50.1 Å². The first-order valence-corrected chi connectivity index (χ1v) is 13.6. The van der Waals surface area contributed by atoms with Gasteiger partial charge in [-0.3, -0.25) is 9.36 Å². The van der Waals surface area contributed by atoms with Crippen LogP contribution in [0.2, 0.25) is 0 Å². The Morgan fingerprint density at radius 3 is 2.55 bits per heavy atom. The summed E-state index contributed by atoms with van der Waals surface area (Å²) in [6.45, 7) is 3.73. The first-order valence-electron chi connectivity index (χ1n) is 12.0. The highest BCUT2D eigenvalue weighted by molar-refractivity contribution is 9.10. The van der Waals surface area contributed by atoms with Crippen LogP contribution in [0.1, 0.15) is 31.0 Å². The number of thiazole rings is 1. The molecule has 194 valence electrons. The summed E-state index contributed by atoms with van der Waals surface area (Å²) in [5.41, 5.74) is 2.09. The minimum atomic E-state index is -0.781. The molecular formula is C29H25BrN2O5S. The van der Waals surface area contributed by atoms with Crippen LogP contribution in [-0.4, -0.2) is 31.4 Å². The van der Waals surface area contributed by atoms with Gasteiger partial charge in [0.25, 0.3) is 5.56 Å². The highest BCUT2D eigenvalue weighted by Gasteiger charge is 2.36. The van der Waals surface area contributed by atoms with Crippen LogP contribution in [0.4, 0.5) is 0 Å². The number of hydrogen-bond donors (Lipinski definition) is 0. The minimum absolute atomic E-state index is 0.200. The van der Waals surface area contributed by atoms with Gasteiger partial charge in [0.05, 0.1) is 41.1 Å². The van der Waals surface area contributed by atoms with Crippen molar-refractivity contribution in [3.63, 3.8) is 0 Å². The lowest BCUT2D eigenvalue weighted by molar-refractivity contribution is -0.139. The number of carbonyl (C=O) groups excluding carboxylic acids is 1. The number of allylic oxidation sites excluding steroid dienone is 1. The number of aromatic nitrogens is 1. The number of fused-ring (bicyclic) bond motifs is 2. The molecule has 5 rings (SSSR count). The van der Waals surface area contributed by atoms with E-state index in [1.54, 1.807) is 32.6 Å². The predicted molar refractivity (Wildman–Crippen MR) is 152 cm³/mol. The van der Waals surface area contributed by atoms with Crippen LogP contribution in [0, 0.1) is 0 Å². The van der Waals surface area contributed by atoms with Gasteiger partial charge in [0.2, 0.25) is 0 Å². The largest absolute Gasteiger partial charge is 0.496 e. The number of carbonyl (C=O) groups is 1. The molecule has 0 fully saturated rings. The molecule has 2 heterocycles. The third-order valence-electron chi connectivity index (χ3n) is 6.41. The van der Waals surface area contributed by atoms with Crippen LogP contribution in [-0.2, 0) is 9.53 Å². The van der Waals surface area contributed by atoms with Crippen molar-refractivity contribution in [2.45, 2.75) is 19.9 Å². The average Bonchev–Trinajstić information content (AvgIpc) is 3.21. The van der Waals surface area contributed by atoms with Gasteiger partial charge in [0.1, 0.15) is 17.5 Å². The number of benzene rings is 3. The molecule has 9 heteroatoms. The zero-order valence-electron chi connectivity index (χ0n) is 21.3. The maximum Gasteiger partial charge on any atom is 0.338 e. The van der Waals surface area contributed by atoms with Gasteiger partial charge >= 0.3 is 5.97 Å². The number of methoxy groups -OCH3 is 2. The van der Waals surface area contributed by atoms with E-state index < -0.39 is 12.0 Å². The average molecular weight is 593 g/mol. The summed E-state index contributed by atoms with van der Waals surface area (Å²) in [5, 5.41) is 1.84. The van der Waals surface area contributed by atoms with E-state index in [-0.39, 0.29) is 12.2 Å². The molecule has 0 saturated carbocycles. The van der Waals surface area contributed by atoms with E-state index >= 15 is 0 Å². The smallest absolute Gasteiger partial charge is 0.338 e. The molecule has 0 radical (unpaired) electrons. The second-order valence-corrected chi connectivity index (χ2v) is 10.5. The molecule has 0 N–H and O–H groups in total. The second-order valence-electron chi connectivity index (χ2n) is 8.60. The zero-order chi connectivity index (χ0) is 27.0. The fraction of sp³-hybridized carbons (Fsp3) is 0.207. The van der Waals surface area contributed by atoms with Crippen molar-refractivity contribution in [3.8, 4) is 11.5 Å². The third-order valence-corrected chi connectivity index (χ3v) is 8.02. The summed E-state index contributed by atoms with van der Waals surface area (Å²) in [6.07, 6.45) is 1.81. The van der Waals surface area contributed by atoms with Gasteiger partial charge in [-0.05, 0) is 70.4 Å². The maximum absolute atomic E-state index is 14.0. The molecule has 0 amide bonds. The van der Waals surface area contributed by atoms with Crippen molar-refractivity contribution in [3.05, 3.63) is 101 Å². The molecule has 0 spiro atoms. The Kier molecular flexibility index (Phi) is 7.23. The minimum Gasteiger partial charge on any atom is -0.496 e. The molecule has 0 bridgehead atoms. The van der Waals surface area contributed by atoms with Crippen LogP contribution in [0.5, 0.6) is 11.5 Å². The summed E-state index contributed by atoms with van der Waals surface area (Å²) in [7, 11) is 3.18. The van der Waals surface area contributed by atoms with Crippen LogP contribution in [0.15, 0.2) is 80.1 Å². The Bertz CT molecular complexity index is 1790. The number of rotatable bonds is 6. The summed E-state index contributed by atoms with van der Waals surface area (Å²) < 4.78 is 19.4. The number of hydrogen-bond acceptors (Lipinski definition) is 7. The Balaban J connectivity index is 1.82. The highest BCUT2D eigenvalue weighted by atomic mass is 79.9. The molecule has 1 aliphatic heterocycles. The molecule has 1 aliphatic rings. The van der Waals surface area contributed by atoms with E-state index in [0.29, 0.717) is 37.7 Å². The number of ether oxygens (including phenoxy) is 3. The van der Waals surface area contributed by atoms with Crippen molar-refractivity contribution in [1.29, 1.82) is 0 Å². The second kappa shape index (κ2) is 10.6. The van der Waals surface area contributed by atoms with Crippen LogP contribution < -0.4 is 24.4 Å². The lowest BCUT2D eigenvalue weighted by Crippen LogP contribution is -2.40. The SMILES string of the molecule is CCOC(=O)C1=C(C)N=c2s/c(=C\c3ccc(OC)c(Br)c3)c(=O)n2C1c1c(OC)ccc2ccccc12. The fourth-order valence-electron chi connectivity index (χ4n) is 4.72. The molecule has 0 saturated heterocycles. The highest BCUT2D eigenvalue weighted by Crippen LogP contribution is 2.40. The Hall–Kier alpha value is -3.69. The van der Waals surface area contributed by atoms with Crippen molar-refractivity contribution < 1.29 is 19.0 Å². The molecule has 1 atom stereocenters. The van der Waals surface area contributed by atoms with Crippen molar-refractivity contribution in [2.75, 3.05) is 20.8 Å². The van der Waals surface area contributed by atoms with Gasteiger partial charge in [-0.2, -0.15) is 0 Å². The number of halogens is 1. The third kappa shape index (κ3) is 4.46. The lowest BCUT2D eigenvalue weighted by atomic mass is 9.90. The van der Waals surface area contributed by atoms with E-state index in [4.69, 9.17) is 14.2 Å². The van der Waals surface area contributed by atoms with Gasteiger partial charge in [0, 0.05) is 5.56 Å². The number of esters is 1. The van der Waals surface area contributed by atoms with Crippen molar-refractivity contribution in [2.24, 2.45) is 4.99 Å². The number of nitrogens with zero attached hydrogens (tertiary/aromatic N) is 2. The summed E-state index contributed by atoms with van der Waals surface area (Å²) in [6, 6.07) is 16.5. The molecular weight excluding hydrogens is 568 g/mol. The molecule has 1 aromatic heterocycles. The normalized spacial score (nSPS) is 15.3. The van der Waals surface area contributed by atoms with Crippen LogP contribution >= 0.6 is 27.3 Å².